The number of hydrogen-bond acceptors (Lipinski definition) is 3. The average molecular weight is 214 g/mol. The van der Waals surface area contributed by atoms with Crippen LogP contribution in [0.2, 0.25) is 0 Å². The molecule has 4 nitrogen and oxygen atoms in total. The number of likely N-dealkylation sites (tertiary alicyclic amines) is 1. The van der Waals surface area contributed by atoms with Crippen molar-refractivity contribution in [2.24, 2.45) is 5.92 Å². The lowest BCUT2D eigenvalue weighted by Crippen LogP contribution is -2.43. The molecule has 2 N–H and O–H groups in total. The van der Waals surface area contributed by atoms with E-state index in [1.54, 1.807) is 0 Å². The summed E-state index contributed by atoms with van der Waals surface area (Å²) in [6.45, 7) is 5.99. The molecule has 1 rings (SSSR count). The highest BCUT2D eigenvalue weighted by Crippen LogP contribution is 2.18. The zero-order valence-corrected chi connectivity index (χ0v) is 9.86. The Hall–Kier alpha value is -0.610. The first kappa shape index (κ1) is 12.5. The number of hydrogen-bond donors (Lipinski definition) is 2. The Balaban J connectivity index is 2.64. The van der Waals surface area contributed by atoms with Gasteiger partial charge >= 0.3 is 5.97 Å². The minimum absolute atomic E-state index is 0.118. The van der Waals surface area contributed by atoms with Crippen LogP contribution in [0.3, 0.4) is 0 Å². The van der Waals surface area contributed by atoms with Gasteiger partial charge in [-0.3, -0.25) is 4.79 Å². The third-order valence-electron chi connectivity index (χ3n) is 2.99. The molecule has 0 aromatic heterocycles. The summed E-state index contributed by atoms with van der Waals surface area (Å²) in [6, 6.07) is 0.465. The van der Waals surface area contributed by atoms with Crippen molar-refractivity contribution < 1.29 is 9.90 Å². The summed E-state index contributed by atoms with van der Waals surface area (Å²) >= 11 is 0. The Bertz CT molecular complexity index is 219. The van der Waals surface area contributed by atoms with Crippen LogP contribution in [0.15, 0.2) is 0 Å². The first-order valence-corrected chi connectivity index (χ1v) is 5.68. The minimum atomic E-state index is -0.663. The number of carbonyl (C=O) groups is 1. The molecule has 0 amide bonds. The quantitative estimate of drug-likeness (QED) is 0.729. The van der Waals surface area contributed by atoms with E-state index in [0.717, 1.165) is 25.9 Å². The molecule has 0 aliphatic carbocycles. The number of nitrogens with zero attached hydrogens (tertiary/aromatic N) is 1. The van der Waals surface area contributed by atoms with Crippen LogP contribution in [0.1, 0.15) is 26.7 Å². The third kappa shape index (κ3) is 3.80. The molecule has 0 aromatic carbocycles. The van der Waals surface area contributed by atoms with Gasteiger partial charge in [-0.25, -0.2) is 0 Å². The molecule has 0 bridgehead atoms. The van der Waals surface area contributed by atoms with Crippen molar-refractivity contribution in [1.82, 2.24) is 10.2 Å². The molecule has 0 aromatic rings. The van der Waals surface area contributed by atoms with Crippen molar-refractivity contribution in [1.29, 1.82) is 0 Å². The summed E-state index contributed by atoms with van der Waals surface area (Å²) in [5.74, 6) is -0.902. The second-order valence-corrected chi connectivity index (χ2v) is 4.75. The van der Waals surface area contributed by atoms with Crippen molar-refractivity contribution in [3.05, 3.63) is 0 Å². The van der Waals surface area contributed by atoms with Gasteiger partial charge in [0.05, 0.1) is 5.92 Å². The lowest BCUT2D eigenvalue weighted by molar-refractivity contribution is -0.143. The Morgan fingerprint density at radius 1 is 1.40 bits per heavy atom. The lowest BCUT2D eigenvalue weighted by atomic mass is 9.94. The highest BCUT2D eigenvalue weighted by molar-refractivity contribution is 5.71. The van der Waals surface area contributed by atoms with E-state index in [0.29, 0.717) is 6.04 Å². The predicted octanol–water partition coefficient (Wildman–Crippen LogP) is 0.779. The first-order chi connectivity index (χ1) is 7.00. The van der Waals surface area contributed by atoms with Crippen molar-refractivity contribution in [3.8, 4) is 0 Å². The summed E-state index contributed by atoms with van der Waals surface area (Å²) in [6.07, 6.45) is 1.67. The van der Waals surface area contributed by atoms with Crippen LogP contribution >= 0.6 is 0 Å². The zero-order valence-electron chi connectivity index (χ0n) is 9.86. The van der Waals surface area contributed by atoms with Crippen LogP contribution in [0.5, 0.6) is 0 Å². The van der Waals surface area contributed by atoms with Gasteiger partial charge in [-0.15, -0.1) is 0 Å². The Labute approximate surface area is 91.6 Å². The molecule has 0 saturated carbocycles. The van der Waals surface area contributed by atoms with Gasteiger partial charge in [0.1, 0.15) is 0 Å². The largest absolute Gasteiger partial charge is 0.481 e. The Kier molecular flexibility index (Phi) is 4.54. The standard InChI is InChI=1S/C11H22N2O2/c1-8(2)12-10-5-7-13(3)6-4-9(10)11(14)15/h8-10,12H,4-7H2,1-3H3,(H,14,15). The van der Waals surface area contributed by atoms with E-state index in [9.17, 15) is 9.90 Å². The van der Waals surface area contributed by atoms with Gasteiger partial charge in [0.2, 0.25) is 0 Å². The van der Waals surface area contributed by atoms with E-state index >= 15 is 0 Å². The maximum absolute atomic E-state index is 11.1. The first-order valence-electron chi connectivity index (χ1n) is 5.68. The maximum Gasteiger partial charge on any atom is 0.308 e. The fourth-order valence-electron chi connectivity index (χ4n) is 2.16. The third-order valence-corrected chi connectivity index (χ3v) is 2.99. The topological polar surface area (TPSA) is 52.6 Å². The van der Waals surface area contributed by atoms with Crippen LogP contribution in [-0.2, 0) is 4.79 Å². The molecule has 0 radical (unpaired) electrons. The number of carboxylic acids is 1. The highest BCUT2D eigenvalue weighted by Gasteiger charge is 2.30. The molecule has 15 heavy (non-hydrogen) atoms. The van der Waals surface area contributed by atoms with E-state index in [1.807, 2.05) is 0 Å². The second kappa shape index (κ2) is 5.47. The van der Waals surface area contributed by atoms with Gasteiger partial charge in [-0.05, 0) is 33.0 Å². The molecule has 1 aliphatic rings. The van der Waals surface area contributed by atoms with Gasteiger partial charge in [0.15, 0.2) is 0 Å². The molecular weight excluding hydrogens is 192 g/mol. The van der Waals surface area contributed by atoms with Gasteiger partial charge in [-0.2, -0.15) is 0 Å². The summed E-state index contributed by atoms with van der Waals surface area (Å²) < 4.78 is 0. The zero-order chi connectivity index (χ0) is 11.4. The van der Waals surface area contributed by atoms with E-state index in [4.69, 9.17) is 0 Å². The van der Waals surface area contributed by atoms with Crippen molar-refractivity contribution >= 4 is 5.97 Å². The van der Waals surface area contributed by atoms with Crippen molar-refractivity contribution in [2.75, 3.05) is 20.1 Å². The molecule has 88 valence electrons. The summed E-state index contributed by atoms with van der Waals surface area (Å²) in [5.41, 5.74) is 0. The highest BCUT2D eigenvalue weighted by atomic mass is 16.4. The van der Waals surface area contributed by atoms with Crippen molar-refractivity contribution in [2.45, 2.75) is 38.8 Å². The smallest absolute Gasteiger partial charge is 0.308 e. The summed E-state index contributed by atoms with van der Waals surface area (Å²) in [4.78, 5) is 13.4. The van der Waals surface area contributed by atoms with Crippen LogP contribution in [-0.4, -0.2) is 48.2 Å². The van der Waals surface area contributed by atoms with E-state index < -0.39 is 5.97 Å². The van der Waals surface area contributed by atoms with Gasteiger partial charge < -0.3 is 15.3 Å². The number of carboxylic acid groups (broad SMARTS) is 1. The van der Waals surface area contributed by atoms with E-state index in [1.165, 1.54) is 0 Å². The molecule has 1 fully saturated rings. The fourth-order valence-corrected chi connectivity index (χ4v) is 2.16. The summed E-state index contributed by atoms with van der Waals surface area (Å²) in [7, 11) is 2.05. The normalized spacial score (nSPS) is 29.1. The van der Waals surface area contributed by atoms with E-state index in [2.05, 4.69) is 31.1 Å². The second-order valence-electron chi connectivity index (χ2n) is 4.75. The molecule has 4 heteroatoms. The van der Waals surface area contributed by atoms with Crippen molar-refractivity contribution in [3.63, 3.8) is 0 Å². The van der Waals surface area contributed by atoms with Gasteiger partial charge in [-0.1, -0.05) is 13.8 Å². The van der Waals surface area contributed by atoms with Gasteiger partial charge in [0, 0.05) is 12.1 Å². The molecule has 1 heterocycles. The molecule has 1 aliphatic heterocycles. The molecule has 1 saturated heterocycles. The molecular formula is C11H22N2O2. The monoisotopic (exact) mass is 214 g/mol. The molecule has 0 spiro atoms. The Morgan fingerprint density at radius 3 is 2.53 bits per heavy atom. The minimum Gasteiger partial charge on any atom is -0.481 e. The SMILES string of the molecule is CC(C)NC1CCN(C)CCC1C(=O)O. The summed E-state index contributed by atoms with van der Waals surface area (Å²) in [5, 5.41) is 12.5. The van der Waals surface area contributed by atoms with Crippen LogP contribution in [0.25, 0.3) is 0 Å². The van der Waals surface area contributed by atoms with Crippen LogP contribution < -0.4 is 5.32 Å². The fraction of sp³-hybridized carbons (Fsp3) is 0.909. The molecule has 2 unspecified atom stereocenters. The average Bonchev–Trinajstić information content (AvgIpc) is 2.28. The van der Waals surface area contributed by atoms with Crippen LogP contribution in [0.4, 0.5) is 0 Å². The van der Waals surface area contributed by atoms with E-state index in [-0.39, 0.29) is 12.0 Å². The number of nitrogens with one attached hydrogen (secondary N) is 1. The predicted molar refractivity (Wildman–Crippen MR) is 59.9 cm³/mol. The van der Waals surface area contributed by atoms with Crippen LogP contribution in [0, 0.1) is 5.92 Å². The Morgan fingerprint density at radius 2 is 2.00 bits per heavy atom. The lowest BCUT2D eigenvalue weighted by Gasteiger charge is -2.24. The number of rotatable bonds is 3. The maximum atomic E-state index is 11.1. The number of aliphatic carboxylic acids is 1. The van der Waals surface area contributed by atoms with Gasteiger partial charge in [0.25, 0.3) is 0 Å². The molecule has 2 atom stereocenters.